The first-order chi connectivity index (χ1) is 7.75. The lowest BCUT2D eigenvalue weighted by Crippen LogP contribution is -2.32. The highest BCUT2D eigenvalue weighted by Crippen LogP contribution is 2.08. The summed E-state index contributed by atoms with van der Waals surface area (Å²) in [5.74, 6) is 0.948. The molecule has 0 bridgehead atoms. The zero-order valence-corrected chi connectivity index (χ0v) is 9.78. The van der Waals surface area contributed by atoms with E-state index in [4.69, 9.17) is 11.6 Å². The van der Waals surface area contributed by atoms with Gasteiger partial charge in [0, 0.05) is 0 Å². The zero-order chi connectivity index (χ0) is 11.4. The van der Waals surface area contributed by atoms with Gasteiger partial charge in [-0.2, -0.15) is 0 Å². The van der Waals surface area contributed by atoms with Gasteiger partial charge in [-0.1, -0.05) is 35.3 Å². The number of hydrogen-bond donors (Lipinski definition) is 1. The SMILES string of the molecule is C[n+]1cnc(Cl)cc1NCc1ccccc1. The van der Waals surface area contributed by atoms with Crippen molar-refractivity contribution in [2.75, 3.05) is 5.32 Å². The van der Waals surface area contributed by atoms with Crippen molar-refractivity contribution in [2.24, 2.45) is 7.05 Å². The largest absolute Gasteiger partial charge is 0.301 e. The van der Waals surface area contributed by atoms with Gasteiger partial charge in [-0.15, -0.1) is 0 Å². The van der Waals surface area contributed by atoms with Gasteiger partial charge in [0.2, 0.25) is 17.3 Å². The minimum atomic E-state index is 0.494. The molecule has 3 nitrogen and oxygen atoms in total. The van der Waals surface area contributed by atoms with E-state index in [1.165, 1.54) is 5.56 Å². The number of hydrogen-bond acceptors (Lipinski definition) is 2. The van der Waals surface area contributed by atoms with Gasteiger partial charge in [-0.05, 0) is 17.2 Å². The Morgan fingerprint density at radius 1 is 1.31 bits per heavy atom. The molecule has 0 aliphatic heterocycles. The summed E-state index contributed by atoms with van der Waals surface area (Å²) in [4.78, 5) is 3.98. The molecule has 0 fully saturated rings. The highest BCUT2D eigenvalue weighted by atomic mass is 35.5. The molecular weight excluding hydrogens is 222 g/mol. The van der Waals surface area contributed by atoms with Gasteiger partial charge in [0.25, 0.3) is 0 Å². The van der Waals surface area contributed by atoms with Gasteiger partial charge in [0.15, 0.2) is 0 Å². The molecule has 82 valence electrons. The topological polar surface area (TPSA) is 28.8 Å². The average molecular weight is 235 g/mol. The third-order valence-corrected chi connectivity index (χ3v) is 2.51. The normalized spacial score (nSPS) is 10.1. The quantitative estimate of drug-likeness (QED) is 0.652. The lowest BCUT2D eigenvalue weighted by molar-refractivity contribution is -0.660. The van der Waals surface area contributed by atoms with Crippen LogP contribution in [0.15, 0.2) is 42.7 Å². The molecule has 2 aromatic rings. The van der Waals surface area contributed by atoms with Crippen LogP contribution in [0.25, 0.3) is 0 Å². The van der Waals surface area contributed by atoms with E-state index in [1.54, 1.807) is 6.33 Å². The maximum atomic E-state index is 5.83. The fourth-order valence-corrected chi connectivity index (χ4v) is 1.57. The molecule has 1 aromatic heterocycles. The van der Waals surface area contributed by atoms with Gasteiger partial charge in [-0.3, -0.25) is 0 Å². The van der Waals surface area contributed by atoms with Crippen LogP contribution in [0.1, 0.15) is 5.56 Å². The fraction of sp³-hybridized carbons (Fsp3) is 0.167. The predicted octanol–water partition coefficient (Wildman–Crippen LogP) is 2.17. The standard InChI is InChI=1S/C12H12ClN3/c1-16-9-15-11(13)7-12(16)14-8-10-5-3-2-4-6-10/h2-7,9H,8H2,1H3/p+1. The van der Waals surface area contributed by atoms with Crippen LogP contribution in [0, 0.1) is 0 Å². The van der Waals surface area contributed by atoms with Gasteiger partial charge in [-0.25, -0.2) is 4.57 Å². The molecule has 0 aliphatic rings. The minimum Gasteiger partial charge on any atom is -0.301 e. The van der Waals surface area contributed by atoms with Crippen LogP contribution in [0.3, 0.4) is 0 Å². The third-order valence-electron chi connectivity index (χ3n) is 2.31. The summed E-state index contributed by atoms with van der Waals surface area (Å²) in [5, 5.41) is 3.80. The third kappa shape index (κ3) is 2.70. The average Bonchev–Trinajstić information content (AvgIpc) is 2.32. The lowest BCUT2D eigenvalue weighted by atomic mass is 10.2. The van der Waals surface area contributed by atoms with Gasteiger partial charge < -0.3 is 5.32 Å². The van der Waals surface area contributed by atoms with Crippen LogP contribution in [0.5, 0.6) is 0 Å². The van der Waals surface area contributed by atoms with E-state index in [9.17, 15) is 0 Å². The Labute approximate surface area is 99.7 Å². The molecule has 0 amide bonds. The van der Waals surface area contributed by atoms with Crippen LogP contribution in [0.2, 0.25) is 5.15 Å². The monoisotopic (exact) mass is 234 g/mol. The number of rotatable bonds is 3. The number of nitrogens with one attached hydrogen (secondary N) is 1. The van der Waals surface area contributed by atoms with Crippen LogP contribution in [-0.2, 0) is 13.6 Å². The molecule has 0 unspecified atom stereocenters. The van der Waals surface area contributed by atoms with Gasteiger partial charge in [0.05, 0.1) is 19.7 Å². The van der Waals surface area contributed by atoms with Crippen LogP contribution < -0.4 is 9.88 Å². The van der Waals surface area contributed by atoms with E-state index >= 15 is 0 Å². The number of benzene rings is 1. The summed E-state index contributed by atoms with van der Waals surface area (Å²) in [6.45, 7) is 0.773. The molecule has 0 atom stereocenters. The van der Waals surface area contributed by atoms with Crippen molar-refractivity contribution in [3.05, 3.63) is 53.4 Å². The van der Waals surface area contributed by atoms with Crippen molar-refractivity contribution in [3.63, 3.8) is 0 Å². The van der Waals surface area contributed by atoms with E-state index in [-0.39, 0.29) is 0 Å². The van der Waals surface area contributed by atoms with Crippen molar-refractivity contribution in [3.8, 4) is 0 Å². The molecule has 1 heterocycles. The molecule has 0 saturated carbocycles. The summed E-state index contributed by atoms with van der Waals surface area (Å²) >= 11 is 5.83. The fourth-order valence-electron chi connectivity index (χ4n) is 1.42. The summed E-state index contributed by atoms with van der Waals surface area (Å²) in [6.07, 6.45) is 1.69. The Balaban J connectivity index is 2.08. The number of anilines is 1. The first-order valence-corrected chi connectivity index (χ1v) is 5.42. The maximum absolute atomic E-state index is 5.83. The molecule has 1 aromatic carbocycles. The lowest BCUT2D eigenvalue weighted by Gasteiger charge is -2.04. The maximum Gasteiger partial charge on any atom is 0.227 e. The zero-order valence-electron chi connectivity index (χ0n) is 9.02. The summed E-state index contributed by atoms with van der Waals surface area (Å²) in [7, 11) is 1.93. The molecule has 2 rings (SSSR count). The number of aryl methyl sites for hydroxylation is 1. The van der Waals surface area contributed by atoms with Gasteiger partial charge in [0.1, 0.15) is 0 Å². The van der Waals surface area contributed by atoms with E-state index in [2.05, 4.69) is 22.4 Å². The van der Waals surface area contributed by atoms with Crippen molar-refractivity contribution in [1.82, 2.24) is 4.98 Å². The number of halogens is 1. The van der Waals surface area contributed by atoms with Crippen molar-refractivity contribution < 1.29 is 4.57 Å². The van der Waals surface area contributed by atoms with E-state index in [1.807, 2.05) is 35.9 Å². The highest BCUT2D eigenvalue weighted by Gasteiger charge is 2.05. The van der Waals surface area contributed by atoms with Crippen LogP contribution >= 0.6 is 11.6 Å². The number of aromatic nitrogens is 2. The van der Waals surface area contributed by atoms with Crippen molar-refractivity contribution >= 4 is 17.4 Å². The highest BCUT2D eigenvalue weighted by molar-refractivity contribution is 6.29. The molecule has 0 aliphatic carbocycles. The first kappa shape index (κ1) is 10.9. The Hall–Kier alpha value is -1.61. The molecule has 16 heavy (non-hydrogen) atoms. The van der Waals surface area contributed by atoms with E-state index < -0.39 is 0 Å². The second-order valence-electron chi connectivity index (χ2n) is 3.55. The number of nitrogens with zero attached hydrogens (tertiary/aromatic N) is 2. The second kappa shape index (κ2) is 4.94. The molecule has 0 radical (unpaired) electrons. The molecule has 1 N–H and O–H groups in total. The first-order valence-electron chi connectivity index (χ1n) is 5.04. The van der Waals surface area contributed by atoms with Crippen LogP contribution in [-0.4, -0.2) is 4.98 Å². The van der Waals surface area contributed by atoms with Crippen molar-refractivity contribution in [2.45, 2.75) is 6.54 Å². The Morgan fingerprint density at radius 2 is 2.06 bits per heavy atom. The summed E-state index contributed by atoms with van der Waals surface area (Å²) < 4.78 is 1.90. The Morgan fingerprint density at radius 3 is 2.81 bits per heavy atom. The predicted molar refractivity (Wildman–Crippen MR) is 64.2 cm³/mol. The molecule has 4 heteroatoms. The minimum absolute atomic E-state index is 0.494. The molecular formula is C12H13ClN3+. The van der Waals surface area contributed by atoms with E-state index in [0.29, 0.717) is 5.15 Å². The smallest absolute Gasteiger partial charge is 0.227 e. The molecule has 0 spiro atoms. The van der Waals surface area contributed by atoms with Gasteiger partial charge >= 0.3 is 0 Å². The Bertz CT molecular complexity index is 471. The van der Waals surface area contributed by atoms with E-state index in [0.717, 1.165) is 12.4 Å². The summed E-state index contributed by atoms with van der Waals surface area (Å²) in [5.41, 5.74) is 1.23. The second-order valence-corrected chi connectivity index (χ2v) is 3.93. The summed E-state index contributed by atoms with van der Waals surface area (Å²) in [6, 6.07) is 12.0. The van der Waals surface area contributed by atoms with Crippen molar-refractivity contribution in [1.29, 1.82) is 0 Å². The Kier molecular flexibility index (Phi) is 3.37. The van der Waals surface area contributed by atoms with Crippen LogP contribution in [0.4, 0.5) is 5.82 Å². The molecule has 0 saturated heterocycles.